The number of nitrogens with one attached hydrogen (secondary N) is 1. The standard InChI is InChI=1S/C26H33N3O6/c1-7-28(8-2)12-13-29-22(17-10-9-11-18(14-17)34-5)20(24(31)25(29)32)23(30)19-15(3)21(26(33)35-6)27-16(19)4/h9-11,14,22,27,30H,7-8,12-13H2,1-6H3/t22-/m0/s1. The van der Waals surface area contributed by atoms with Crippen LogP contribution >= 0.6 is 0 Å². The number of likely N-dealkylation sites (N-methyl/N-ethyl adjacent to an activating group) is 1. The predicted molar refractivity (Wildman–Crippen MR) is 131 cm³/mol. The van der Waals surface area contributed by atoms with E-state index in [2.05, 4.69) is 9.88 Å². The zero-order valence-corrected chi connectivity index (χ0v) is 21.1. The van der Waals surface area contributed by atoms with Crippen LogP contribution in [0, 0.1) is 13.8 Å². The molecule has 1 amide bonds. The van der Waals surface area contributed by atoms with Crippen molar-refractivity contribution in [3.63, 3.8) is 0 Å². The van der Waals surface area contributed by atoms with Crippen molar-refractivity contribution in [2.75, 3.05) is 40.4 Å². The number of nitrogens with zero attached hydrogens (tertiary/aromatic N) is 2. The molecule has 9 heteroatoms. The van der Waals surface area contributed by atoms with E-state index in [4.69, 9.17) is 9.47 Å². The number of carbonyl (C=O) groups excluding carboxylic acids is 3. The molecular weight excluding hydrogens is 450 g/mol. The number of hydrogen-bond donors (Lipinski definition) is 2. The maximum absolute atomic E-state index is 13.3. The fraction of sp³-hybridized carbons (Fsp3) is 0.423. The summed E-state index contributed by atoms with van der Waals surface area (Å²) >= 11 is 0. The third-order valence-electron chi connectivity index (χ3n) is 6.56. The van der Waals surface area contributed by atoms with Crippen LogP contribution in [0.5, 0.6) is 5.75 Å². The fourth-order valence-electron chi connectivity index (χ4n) is 4.60. The van der Waals surface area contributed by atoms with Crippen molar-refractivity contribution in [1.29, 1.82) is 0 Å². The Morgan fingerprint density at radius 2 is 1.86 bits per heavy atom. The van der Waals surface area contributed by atoms with E-state index in [0.717, 1.165) is 13.1 Å². The number of carbonyl (C=O) groups is 3. The molecule has 1 aromatic carbocycles. The van der Waals surface area contributed by atoms with Crippen LogP contribution in [-0.2, 0) is 14.3 Å². The van der Waals surface area contributed by atoms with E-state index >= 15 is 0 Å². The molecular formula is C26H33N3O6. The first-order valence-corrected chi connectivity index (χ1v) is 11.6. The summed E-state index contributed by atoms with van der Waals surface area (Å²) in [5.74, 6) is -1.80. The maximum atomic E-state index is 13.3. The van der Waals surface area contributed by atoms with Gasteiger partial charge < -0.3 is 29.4 Å². The quantitative estimate of drug-likeness (QED) is 0.244. The molecule has 3 rings (SSSR count). The number of aromatic amines is 1. The number of aryl methyl sites for hydroxylation is 1. The van der Waals surface area contributed by atoms with Gasteiger partial charge in [-0.15, -0.1) is 0 Å². The van der Waals surface area contributed by atoms with Gasteiger partial charge >= 0.3 is 5.97 Å². The molecule has 1 aliphatic rings. The van der Waals surface area contributed by atoms with Crippen molar-refractivity contribution < 1.29 is 29.0 Å². The summed E-state index contributed by atoms with van der Waals surface area (Å²) in [7, 11) is 2.80. The second-order valence-corrected chi connectivity index (χ2v) is 8.41. The lowest BCUT2D eigenvalue weighted by Gasteiger charge is -2.28. The second kappa shape index (κ2) is 10.8. The first-order valence-electron chi connectivity index (χ1n) is 11.6. The number of aromatic nitrogens is 1. The smallest absolute Gasteiger partial charge is 0.354 e. The van der Waals surface area contributed by atoms with Gasteiger partial charge in [-0.2, -0.15) is 0 Å². The number of ketones is 1. The van der Waals surface area contributed by atoms with Crippen LogP contribution in [0.2, 0.25) is 0 Å². The first-order chi connectivity index (χ1) is 16.7. The number of hydrogen-bond acceptors (Lipinski definition) is 7. The van der Waals surface area contributed by atoms with E-state index in [1.807, 2.05) is 13.8 Å². The number of likely N-dealkylation sites (tertiary alicyclic amines) is 1. The minimum atomic E-state index is -0.809. The molecule has 9 nitrogen and oxygen atoms in total. The molecule has 1 aliphatic heterocycles. The summed E-state index contributed by atoms with van der Waals surface area (Å²) in [5, 5.41) is 11.4. The third kappa shape index (κ3) is 4.81. The van der Waals surface area contributed by atoms with Crippen LogP contribution in [0.25, 0.3) is 5.76 Å². The van der Waals surface area contributed by atoms with Gasteiger partial charge in [-0.1, -0.05) is 26.0 Å². The molecule has 0 radical (unpaired) electrons. The number of methoxy groups -OCH3 is 2. The Bertz CT molecular complexity index is 1160. The van der Waals surface area contributed by atoms with Gasteiger partial charge in [-0.3, -0.25) is 9.59 Å². The van der Waals surface area contributed by atoms with E-state index in [-0.39, 0.29) is 17.0 Å². The summed E-state index contributed by atoms with van der Waals surface area (Å²) in [4.78, 5) is 45.3. The number of aliphatic hydroxyl groups is 1. The van der Waals surface area contributed by atoms with Crippen molar-refractivity contribution in [2.45, 2.75) is 33.7 Å². The van der Waals surface area contributed by atoms with Gasteiger partial charge in [0.15, 0.2) is 0 Å². The summed E-state index contributed by atoms with van der Waals surface area (Å²) in [6.45, 7) is 9.91. The molecule has 1 saturated heterocycles. The maximum Gasteiger partial charge on any atom is 0.354 e. The Morgan fingerprint density at radius 1 is 1.17 bits per heavy atom. The van der Waals surface area contributed by atoms with Crippen LogP contribution < -0.4 is 4.74 Å². The Labute approximate surface area is 205 Å². The number of amides is 1. The zero-order chi connectivity index (χ0) is 25.9. The van der Waals surface area contributed by atoms with Crippen LogP contribution in [0.3, 0.4) is 0 Å². The molecule has 2 heterocycles. The minimum absolute atomic E-state index is 0.0237. The van der Waals surface area contributed by atoms with Crippen molar-refractivity contribution in [3.8, 4) is 5.75 Å². The molecule has 1 fully saturated rings. The van der Waals surface area contributed by atoms with Gasteiger partial charge in [-0.05, 0) is 50.2 Å². The van der Waals surface area contributed by atoms with E-state index in [9.17, 15) is 19.5 Å². The van der Waals surface area contributed by atoms with Gasteiger partial charge in [0.2, 0.25) is 0 Å². The van der Waals surface area contributed by atoms with Gasteiger partial charge in [0, 0.05) is 24.3 Å². The molecule has 2 N–H and O–H groups in total. The van der Waals surface area contributed by atoms with E-state index in [1.54, 1.807) is 38.1 Å². The normalized spacial score (nSPS) is 17.3. The average Bonchev–Trinajstić information content (AvgIpc) is 3.30. The lowest BCUT2D eigenvalue weighted by molar-refractivity contribution is -0.140. The number of ether oxygens (including phenoxy) is 2. The lowest BCUT2D eigenvalue weighted by Crippen LogP contribution is -2.38. The van der Waals surface area contributed by atoms with E-state index in [1.165, 1.54) is 19.1 Å². The number of rotatable bonds is 9. The summed E-state index contributed by atoms with van der Waals surface area (Å²) in [5.41, 5.74) is 2.03. The van der Waals surface area contributed by atoms with Crippen molar-refractivity contribution in [3.05, 3.63) is 57.9 Å². The fourth-order valence-corrected chi connectivity index (χ4v) is 4.60. The SMILES string of the molecule is CCN(CC)CCN1C(=O)C(=O)C(=C(O)c2c(C)[nH]c(C(=O)OC)c2C)[C@@H]1c1cccc(OC)c1. The highest BCUT2D eigenvalue weighted by atomic mass is 16.5. The highest BCUT2D eigenvalue weighted by molar-refractivity contribution is 6.46. The molecule has 0 aliphatic carbocycles. The summed E-state index contributed by atoms with van der Waals surface area (Å²) in [6.07, 6.45) is 0. The van der Waals surface area contributed by atoms with Crippen molar-refractivity contribution >= 4 is 23.4 Å². The van der Waals surface area contributed by atoms with Gasteiger partial charge in [-0.25, -0.2) is 4.79 Å². The minimum Gasteiger partial charge on any atom is -0.507 e. The molecule has 0 unspecified atom stereocenters. The second-order valence-electron chi connectivity index (χ2n) is 8.41. The molecule has 0 saturated carbocycles. The molecule has 35 heavy (non-hydrogen) atoms. The van der Waals surface area contributed by atoms with Gasteiger partial charge in [0.25, 0.3) is 11.7 Å². The number of Topliss-reactive ketones (excluding diaryl/α,β-unsaturated/α-hetero) is 1. The largest absolute Gasteiger partial charge is 0.507 e. The monoisotopic (exact) mass is 483 g/mol. The number of benzene rings is 1. The number of H-pyrrole nitrogens is 1. The molecule has 1 aromatic heterocycles. The third-order valence-corrected chi connectivity index (χ3v) is 6.56. The summed E-state index contributed by atoms with van der Waals surface area (Å²) < 4.78 is 10.2. The first kappa shape index (κ1) is 26.0. The topological polar surface area (TPSA) is 112 Å². The molecule has 188 valence electrons. The highest BCUT2D eigenvalue weighted by Crippen LogP contribution is 2.41. The predicted octanol–water partition coefficient (Wildman–Crippen LogP) is 3.19. The molecule has 1 atom stereocenters. The number of esters is 1. The van der Waals surface area contributed by atoms with Crippen LogP contribution in [0.1, 0.15) is 52.8 Å². The van der Waals surface area contributed by atoms with Crippen LogP contribution in [0.4, 0.5) is 0 Å². The average molecular weight is 484 g/mol. The van der Waals surface area contributed by atoms with E-state index < -0.39 is 23.7 Å². The Balaban J connectivity index is 2.20. The molecule has 2 aromatic rings. The van der Waals surface area contributed by atoms with E-state index in [0.29, 0.717) is 41.2 Å². The molecule has 0 bridgehead atoms. The highest BCUT2D eigenvalue weighted by Gasteiger charge is 2.46. The lowest BCUT2D eigenvalue weighted by atomic mass is 9.94. The van der Waals surface area contributed by atoms with Crippen LogP contribution in [-0.4, -0.2) is 77.9 Å². The zero-order valence-electron chi connectivity index (χ0n) is 21.1. The van der Waals surface area contributed by atoms with Crippen LogP contribution in [0.15, 0.2) is 29.8 Å². The van der Waals surface area contributed by atoms with Crippen molar-refractivity contribution in [1.82, 2.24) is 14.8 Å². The summed E-state index contributed by atoms with van der Waals surface area (Å²) in [6, 6.07) is 6.30. The Kier molecular flexibility index (Phi) is 8.01. The molecule has 0 spiro atoms. The number of aliphatic hydroxyl groups excluding tert-OH is 1. The Morgan fingerprint density at radius 3 is 2.46 bits per heavy atom. The Hall–Kier alpha value is -3.59. The van der Waals surface area contributed by atoms with Crippen molar-refractivity contribution in [2.24, 2.45) is 0 Å². The van der Waals surface area contributed by atoms with Gasteiger partial charge in [0.05, 0.1) is 25.8 Å². The van der Waals surface area contributed by atoms with Gasteiger partial charge in [0.1, 0.15) is 17.2 Å².